The van der Waals surface area contributed by atoms with E-state index in [1.54, 1.807) is 17.0 Å². The molecule has 1 amide bonds. The minimum Gasteiger partial charge on any atom is -0.338 e. The fourth-order valence-electron chi connectivity index (χ4n) is 2.97. The van der Waals surface area contributed by atoms with Gasteiger partial charge in [-0.1, -0.05) is 12.1 Å². The average Bonchev–Trinajstić information content (AvgIpc) is 2.54. The molecule has 0 unspecified atom stereocenters. The summed E-state index contributed by atoms with van der Waals surface area (Å²) in [5, 5.41) is 0. The van der Waals surface area contributed by atoms with Gasteiger partial charge < -0.3 is 4.90 Å². The molecule has 0 aromatic heterocycles. The summed E-state index contributed by atoms with van der Waals surface area (Å²) in [6, 6.07) is 5.55. The summed E-state index contributed by atoms with van der Waals surface area (Å²) in [4.78, 5) is 18.6. The minimum absolute atomic E-state index is 0.0145. The van der Waals surface area contributed by atoms with Crippen molar-refractivity contribution in [1.29, 1.82) is 0 Å². The highest BCUT2D eigenvalue weighted by atomic mass is 32.2. The number of nitrogens with zero attached hydrogens (tertiary/aromatic N) is 3. The summed E-state index contributed by atoms with van der Waals surface area (Å²) >= 11 is 0. The first-order valence-corrected chi connectivity index (χ1v) is 10.3. The Morgan fingerprint density at radius 2 is 1.72 bits per heavy atom. The molecule has 0 saturated carbocycles. The maximum absolute atomic E-state index is 13.1. The van der Waals surface area contributed by atoms with Crippen LogP contribution in [0.15, 0.2) is 24.3 Å². The molecule has 0 bridgehead atoms. The maximum atomic E-state index is 13.1. The summed E-state index contributed by atoms with van der Waals surface area (Å²) < 4.78 is 35.7. The first kappa shape index (κ1) is 19.8. The first-order valence-electron chi connectivity index (χ1n) is 8.28. The predicted octanol–water partition coefficient (Wildman–Crippen LogP) is 0.617. The van der Waals surface area contributed by atoms with E-state index in [1.807, 2.05) is 19.0 Å². The van der Waals surface area contributed by atoms with Gasteiger partial charge >= 0.3 is 0 Å². The van der Waals surface area contributed by atoms with Crippen molar-refractivity contribution >= 4 is 15.7 Å². The molecule has 6 nitrogen and oxygen atoms in total. The number of carbonyl (C=O) groups is 1. The Balaban J connectivity index is 1.98. The van der Waals surface area contributed by atoms with E-state index < -0.39 is 15.9 Å². The van der Waals surface area contributed by atoms with Crippen LogP contribution in [-0.4, -0.2) is 87.9 Å². The molecule has 1 heterocycles. The third-order valence-corrected chi connectivity index (χ3v) is 5.32. The highest BCUT2D eigenvalue weighted by Gasteiger charge is 2.30. The second-order valence-corrected chi connectivity index (χ2v) is 8.97. The SMILES string of the molecule is CN(C)[C@H](C(=O)N1CCN(CCS(C)(=O)=O)CC1)c1ccc(F)cc1. The lowest BCUT2D eigenvalue weighted by Gasteiger charge is -2.37. The van der Waals surface area contributed by atoms with Crippen molar-refractivity contribution in [1.82, 2.24) is 14.7 Å². The Hall–Kier alpha value is -1.51. The summed E-state index contributed by atoms with van der Waals surface area (Å²) in [6.07, 6.45) is 1.23. The number of hydrogen-bond acceptors (Lipinski definition) is 5. The molecule has 1 saturated heterocycles. The number of amides is 1. The van der Waals surface area contributed by atoms with Crippen LogP contribution in [0.4, 0.5) is 4.39 Å². The van der Waals surface area contributed by atoms with Crippen LogP contribution in [0.5, 0.6) is 0 Å². The van der Waals surface area contributed by atoms with Gasteiger partial charge in [-0.3, -0.25) is 14.6 Å². The molecule has 0 N–H and O–H groups in total. The van der Waals surface area contributed by atoms with Gasteiger partial charge in [0.25, 0.3) is 0 Å². The molecule has 0 aliphatic carbocycles. The monoisotopic (exact) mass is 371 g/mol. The summed E-state index contributed by atoms with van der Waals surface area (Å²) in [5.41, 5.74) is 0.760. The summed E-state index contributed by atoms with van der Waals surface area (Å²) in [6.45, 7) is 2.94. The average molecular weight is 371 g/mol. The fourth-order valence-corrected chi connectivity index (χ4v) is 3.56. The van der Waals surface area contributed by atoms with Crippen molar-refractivity contribution in [3.05, 3.63) is 35.6 Å². The number of rotatable bonds is 6. The number of likely N-dealkylation sites (N-methyl/N-ethyl adjacent to an activating group) is 1. The zero-order chi connectivity index (χ0) is 18.6. The Morgan fingerprint density at radius 3 is 2.20 bits per heavy atom. The third-order valence-electron chi connectivity index (χ3n) is 4.40. The summed E-state index contributed by atoms with van der Waals surface area (Å²) in [7, 11) is 0.678. The maximum Gasteiger partial charge on any atom is 0.244 e. The second kappa shape index (κ2) is 8.25. The van der Waals surface area contributed by atoms with E-state index in [1.165, 1.54) is 18.4 Å². The lowest BCUT2D eigenvalue weighted by molar-refractivity contribution is -0.138. The van der Waals surface area contributed by atoms with Crippen LogP contribution < -0.4 is 0 Å². The molecule has 1 aromatic rings. The van der Waals surface area contributed by atoms with Gasteiger partial charge in [-0.15, -0.1) is 0 Å². The first-order chi connectivity index (χ1) is 11.7. The number of halogens is 1. The lowest BCUT2D eigenvalue weighted by Crippen LogP contribution is -2.52. The number of piperazine rings is 1. The standard InChI is InChI=1S/C17H26FN3O3S/c1-19(2)16(14-4-6-15(18)7-5-14)17(22)21-10-8-20(9-11-21)12-13-25(3,23)24/h4-7,16H,8-13H2,1-3H3/t16-/m0/s1. The van der Waals surface area contributed by atoms with Gasteiger partial charge in [0.2, 0.25) is 5.91 Å². The third kappa shape index (κ3) is 5.76. The zero-order valence-electron chi connectivity index (χ0n) is 15.0. The molecule has 1 aromatic carbocycles. The number of hydrogen-bond donors (Lipinski definition) is 0. The summed E-state index contributed by atoms with van der Waals surface area (Å²) in [5.74, 6) is -0.204. The van der Waals surface area contributed by atoms with Crippen molar-refractivity contribution in [3.8, 4) is 0 Å². The van der Waals surface area contributed by atoms with Crippen LogP contribution in [0.1, 0.15) is 11.6 Å². The van der Waals surface area contributed by atoms with Crippen LogP contribution in [0, 0.1) is 5.82 Å². The molecule has 2 rings (SSSR count). The zero-order valence-corrected chi connectivity index (χ0v) is 15.8. The Morgan fingerprint density at radius 1 is 1.16 bits per heavy atom. The van der Waals surface area contributed by atoms with E-state index in [2.05, 4.69) is 4.90 Å². The molecule has 0 radical (unpaired) electrons. The molecule has 140 valence electrons. The van der Waals surface area contributed by atoms with Crippen LogP contribution in [0.3, 0.4) is 0 Å². The number of benzene rings is 1. The van der Waals surface area contributed by atoms with Crippen molar-refractivity contribution in [2.45, 2.75) is 6.04 Å². The molecule has 0 spiro atoms. The number of sulfone groups is 1. The van der Waals surface area contributed by atoms with Gasteiger partial charge in [0, 0.05) is 39.0 Å². The number of carbonyl (C=O) groups excluding carboxylic acids is 1. The molecule has 1 aliphatic heterocycles. The van der Waals surface area contributed by atoms with Gasteiger partial charge in [-0.25, -0.2) is 12.8 Å². The van der Waals surface area contributed by atoms with Crippen LogP contribution in [0.25, 0.3) is 0 Å². The quantitative estimate of drug-likeness (QED) is 0.734. The Kier molecular flexibility index (Phi) is 6.53. The van der Waals surface area contributed by atoms with Crippen LogP contribution >= 0.6 is 0 Å². The largest absolute Gasteiger partial charge is 0.338 e. The van der Waals surface area contributed by atoms with E-state index in [0.717, 1.165) is 5.56 Å². The van der Waals surface area contributed by atoms with E-state index in [0.29, 0.717) is 32.7 Å². The minimum atomic E-state index is -2.98. The van der Waals surface area contributed by atoms with Crippen molar-refractivity contribution in [2.75, 3.05) is 58.8 Å². The van der Waals surface area contributed by atoms with Gasteiger partial charge in [0.05, 0.1) is 5.75 Å². The lowest BCUT2D eigenvalue weighted by atomic mass is 10.0. The van der Waals surface area contributed by atoms with E-state index in [-0.39, 0.29) is 17.5 Å². The topological polar surface area (TPSA) is 60.9 Å². The van der Waals surface area contributed by atoms with Crippen molar-refractivity contribution in [3.63, 3.8) is 0 Å². The highest BCUT2D eigenvalue weighted by Crippen LogP contribution is 2.22. The van der Waals surface area contributed by atoms with Crippen molar-refractivity contribution < 1.29 is 17.6 Å². The second-order valence-electron chi connectivity index (χ2n) is 6.71. The molecule has 1 fully saturated rings. The molecule has 8 heteroatoms. The molecular formula is C17H26FN3O3S. The van der Waals surface area contributed by atoms with E-state index >= 15 is 0 Å². The molecule has 1 atom stereocenters. The normalized spacial score (nSPS) is 17.7. The smallest absolute Gasteiger partial charge is 0.244 e. The van der Waals surface area contributed by atoms with Gasteiger partial charge in [-0.05, 0) is 31.8 Å². The van der Waals surface area contributed by atoms with E-state index in [4.69, 9.17) is 0 Å². The molecular weight excluding hydrogens is 345 g/mol. The van der Waals surface area contributed by atoms with Crippen molar-refractivity contribution in [2.24, 2.45) is 0 Å². The van der Waals surface area contributed by atoms with Crippen LogP contribution in [0.2, 0.25) is 0 Å². The van der Waals surface area contributed by atoms with Gasteiger partial charge in [-0.2, -0.15) is 0 Å². The fraction of sp³-hybridized carbons (Fsp3) is 0.588. The van der Waals surface area contributed by atoms with Gasteiger partial charge in [0.15, 0.2) is 0 Å². The molecule has 25 heavy (non-hydrogen) atoms. The van der Waals surface area contributed by atoms with Gasteiger partial charge in [0.1, 0.15) is 21.7 Å². The molecule has 1 aliphatic rings. The van der Waals surface area contributed by atoms with Crippen LogP contribution in [-0.2, 0) is 14.6 Å². The highest BCUT2D eigenvalue weighted by molar-refractivity contribution is 7.90. The van der Waals surface area contributed by atoms with E-state index in [9.17, 15) is 17.6 Å². The Labute approximate surface area is 149 Å². The predicted molar refractivity (Wildman–Crippen MR) is 95.6 cm³/mol. The Bertz CT molecular complexity index is 684.